The van der Waals surface area contributed by atoms with Crippen LogP contribution in [0.3, 0.4) is 0 Å². The minimum Gasteiger partial charge on any atom is -0.493 e. The Morgan fingerprint density at radius 2 is 1.81 bits per heavy atom. The lowest BCUT2D eigenvalue weighted by Crippen LogP contribution is -2.36. The zero-order chi connectivity index (χ0) is 15.3. The monoisotopic (exact) mass is 293 g/mol. The number of benzene rings is 1. The van der Waals surface area contributed by atoms with Gasteiger partial charge in [0.05, 0.1) is 20.3 Å². The molecule has 4 nitrogen and oxygen atoms in total. The third-order valence-corrected chi connectivity index (χ3v) is 4.81. The summed E-state index contributed by atoms with van der Waals surface area (Å²) < 4.78 is 10.8. The number of rotatable bonds is 5. The normalized spacial score (nSPS) is 19.6. The van der Waals surface area contributed by atoms with Crippen LogP contribution in [0.2, 0.25) is 0 Å². The highest BCUT2D eigenvalue weighted by atomic mass is 16.5. The van der Waals surface area contributed by atoms with Crippen molar-refractivity contribution in [1.82, 2.24) is 0 Å². The van der Waals surface area contributed by atoms with Gasteiger partial charge in [-0.1, -0.05) is 37.8 Å². The minimum absolute atomic E-state index is 0.254. The Hall–Kier alpha value is -1.26. The molecule has 1 aliphatic carbocycles. The number of ether oxygens (including phenoxy) is 2. The van der Waals surface area contributed by atoms with Gasteiger partial charge in [0.1, 0.15) is 0 Å². The van der Waals surface area contributed by atoms with Crippen LogP contribution in [0.4, 0.5) is 0 Å². The molecule has 1 aromatic rings. The fraction of sp³-hybridized carbons (Fsp3) is 0.647. The number of hydrogen-bond acceptors (Lipinski definition) is 4. The van der Waals surface area contributed by atoms with Crippen molar-refractivity contribution in [2.75, 3.05) is 20.8 Å². The molecule has 0 radical (unpaired) electrons. The number of aliphatic hydroxyl groups excluding tert-OH is 1. The van der Waals surface area contributed by atoms with Crippen molar-refractivity contribution >= 4 is 0 Å². The van der Waals surface area contributed by atoms with Crippen molar-refractivity contribution in [3.05, 3.63) is 23.8 Å². The maximum Gasteiger partial charge on any atom is 0.166 e. The van der Waals surface area contributed by atoms with Gasteiger partial charge < -0.3 is 20.3 Å². The van der Waals surface area contributed by atoms with Gasteiger partial charge in [-0.3, -0.25) is 0 Å². The van der Waals surface area contributed by atoms with E-state index in [0.717, 1.165) is 31.2 Å². The fourth-order valence-electron chi connectivity index (χ4n) is 3.48. The molecule has 3 N–H and O–H groups in total. The largest absolute Gasteiger partial charge is 0.493 e. The molecule has 1 saturated carbocycles. The van der Waals surface area contributed by atoms with Gasteiger partial charge in [0, 0.05) is 17.5 Å². The molecule has 0 heterocycles. The van der Waals surface area contributed by atoms with Crippen molar-refractivity contribution in [3.63, 3.8) is 0 Å². The lowest BCUT2D eigenvalue weighted by atomic mass is 9.73. The van der Waals surface area contributed by atoms with Gasteiger partial charge in [-0.15, -0.1) is 0 Å². The van der Waals surface area contributed by atoms with Gasteiger partial charge in [0.25, 0.3) is 0 Å². The van der Waals surface area contributed by atoms with E-state index in [4.69, 9.17) is 15.2 Å². The van der Waals surface area contributed by atoms with Crippen LogP contribution in [-0.2, 0) is 0 Å². The van der Waals surface area contributed by atoms with Gasteiger partial charge in [-0.2, -0.15) is 0 Å². The second kappa shape index (κ2) is 7.14. The first-order valence-electron chi connectivity index (χ1n) is 7.77. The third-order valence-electron chi connectivity index (χ3n) is 4.81. The SMILES string of the molecule is COc1cccc(C(O)C2(CN)CCCCCC2)c1OC. The second-order valence-corrected chi connectivity index (χ2v) is 5.97. The summed E-state index contributed by atoms with van der Waals surface area (Å²) in [6, 6.07) is 5.65. The minimum atomic E-state index is -0.620. The summed E-state index contributed by atoms with van der Waals surface area (Å²) in [5, 5.41) is 11.0. The molecule has 0 aromatic heterocycles. The van der Waals surface area contributed by atoms with Crippen LogP contribution in [0, 0.1) is 5.41 Å². The lowest BCUT2D eigenvalue weighted by Gasteiger charge is -2.37. The summed E-state index contributed by atoms with van der Waals surface area (Å²) in [5.74, 6) is 1.26. The van der Waals surface area contributed by atoms with E-state index in [9.17, 15) is 5.11 Å². The van der Waals surface area contributed by atoms with Gasteiger partial charge in [-0.05, 0) is 18.9 Å². The predicted octanol–water partition coefficient (Wildman–Crippen LogP) is 3.04. The van der Waals surface area contributed by atoms with Crippen molar-refractivity contribution in [1.29, 1.82) is 0 Å². The highest BCUT2D eigenvalue weighted by Gasteiger charge is 2.39. The maximum atomic E-state index is 11.0. The van der Waals surface area contributed by atoms with Crippen molar-refractivity contribution in [2.45, 2.75) is 44.6 Å². The molecule has 0 spiro atoms. The molecule has 0 saturated heterocycles. The highest BCUT2D eigenvalue weighted by Crippen LogP contribution is 2.48. The Labute approximate surface area is 127 Å². The predicted molar refractivity (Wildman–Crippen MR) is 83.7 cm³/mol. The number of aliphatic hydroxyl groups is 1. The second-order valence-electron chi connectivity index (χ2n) is 5.97. The Morgan fingerprint density at radius 3 is 2.33 bits per heavy atom. The summed E-state index contributed by atoms with van der Waals surface area (Å²) in [7, 11) is 3.22. The van der Waals surface area contributed by atoms with Crippen molar-refractivity contribution < 1.29 is 14.6 Å². The van der Waals surface area contributed by atoms with E-state index in [2.05, 4.69) is 0 Å². The van der Waals surface area contributed by atoms with Gasteiger partial charge in [-0.25, -0.2) is 0 Å². The first kappa shape index (κ1) is 16.1. The third kappa shape index (κ3) is 3.16. The quantitative estimate of drug-likeness (QED) is 0.819. The smallest absolute Gasteiger partial charge is 0.166 e. The molecule has 2 rings (SSSR count). The molecular formula is C17H27NO3. The van der Waals surface area contributed by atoms with Crippen LogP contribution in [-0.4, -0.2) is 25.9 Å². The van der Waals surface area contributed by atoms with Crippen LogP contribution < -0.4 is 15.2 Å². The van der Waals surface area contributed by atoms with E-state index in [0.29, 0.717) is 18.0 Å². The number of nitrogens with two attached hydrogens (primary N) is 1. The zero-order valence-electron chi connectivity index (χ0n) is 13.1. The maximum absolute atomic E-state index is 11.0. The molecule has 0 amide bonds. The molecule has 1 fully saturated rings. The van der Waals surface area contributed by atoms with Crippen LogP contribution >= 0.6 is 0 Å². The molecule has 1 atom stereocenters. The first-order valence-corrected chi connectivity index (χ1v) is 7.77. The molecule has 4 heteroatoms. The molecule has 1 aliphatic rings. The molecule has 1 unspecified atom stereocenters. The molecule has 21 heavy (non-hydrogen) atoms. The number of methoxy groups -OCH3 is 2. The Bertz CT molecular complexity index is 453. The van der Waals surface area contributed by atoms with Gasteiger partial charge in [0.15, 0.2) is 11.5 Å². The zero-order valence-corrected chi connectivity index (χ0v) is 13.1. The molecule has 0 aliphatic heterocycles. The Kier molecular flexibility index (Phi) is 5.48. The average molecular weight is 293 g/mol. The molecule has 0 bridgehead atoms. The fourth-order valence-corrected chi connectivity index (χ4v) is 3.48. The van der Waals surface area contributed by atoms with E-state index in [1.165, 1.54) is 12.8 Å². The lowest BCUT2D eigenvalue weighted by molar-refractivity contribution is 0.0148. The average Bonchev–Trinajstić information content (AvgIpc) is 2.79. The number of hydrogen-bond donors (Lipinski definition) is 2. The van der Waals surface area contributed by atoms with E-state index in [-0.39, 0.29) is 5.41 Å². The highest BCUT2D eigenvalue weighted by molar-refractivity contribution is 5.48. The van der Waals surface area contributed by atoms with Crippen LogP contribution in [0.15, 0.2) is 18.2 Å². The summed E-state index contributed by atoms with van der Waals surface area (Å²) in [5.41, 5.74) is 6.60. The molecular weight excluding hydrogens is 266 g/mol. The first-order chi connectivity index (χ1) is 10.2. The summed E-state index contributed by atoms with van der Waals surface area (Å²) in [6.45, 7) is 0.495. The molecule has 118 valence electrons. The summed E-state index contributed by atoms with van der Waals surface area (Å²) in [4.78, 5) is 0. The van der Waals surface area contributed by atoms with Crippen LogP contribution in [0.25, 0.3) is 0 Å². The Balaban J connectivity index is 2.39. The van der Waals surface area contributed by atoms with Crippen LogP contribution in [0.1, 0.15) is 50.2 Å². The van der Waals surface area contributed by atoms with Crippen molar-refractivity contribution in [2.24, 2.45) is 11.1 Å². The van der Waals surface area contributed by atoms with E-state index < -0.39 is 6.10 Å². The topological polar surface area (TPSA) is 64.7 Å². The van der Waals surface area contributed by atoms with Crippen LogP contribution in [0.5, 0.6) is 11.5 Å². The van der Waals surface area contributed by atoms with E-state index in [1.807, 2.05) is 18.2 Å². The Morgan fingerprint density at radius 1 is 1.14 bits per heavy atom. The van der Waals surface area contributed by atoms with Gasteiger partial charge in [0.2, 0.25) is 0 Å². The molecule has 1 aromatic carbocycles. The van der Waals surface area contributed by atoms with E-state index in [1.54, 1.807) is 14.2 Å². The van der Waals surface area contributed by atoms with E-state index >= 15 is 0 Å². The number of para-hydroxylation sites is 1. The summed E-state index contributed by atoms with van der Waals surface area (Å²) in [6.07, 6.45) is 6.01. The van der Waals surface area contributed by atoms with Crippen molar-refractivity contribution in [3.8, 4) is 11.5 Å². The standard InChI is InChI=1S/C17H27NO3/c1-20-14-9-7-8-13(15(14)21-2)16(19)17(12-18)10-5-3-4-6-11-17/h7-9,16,19H,3-6,10-12,18H2,1-2H3. The van der Waals surface area contributed by atoms with Gasteiger partial charge >= 0.3 is 0 Å². The summed E-state index contributed by atoms with van der Waals surface area (Å²) >= 11 is 0.